The number of rotatable bonds is 7. The van der Waals surface area contributed by atoms with Crippen LogP contribution in [0.2, 0.25) is 0 Å². The average molecular weight is 579 g/mol. The molecule has 0 spiro atoms. The highest BCUT2D eigenvalue weighted by Crippen LogP contribution is 2.20. The van der Waals surface area contributed by atoms with Crippen molar-refractivity contribution in [2.24, 2.45) is 0 Å². The topological polar surface area (TPSA) is 188 Å². The lowest BCUT2D eigenvalue weighted by Crippen LogP contribution is -2.15. The van der Waals surface area contributed by atoms with E-state index in [9.17, 15) is 16.8 Å². The molecule has 0 saturated carbocycles. The summed E-state index contributed by atoms with van der Waals surface area (Å²) < 4.78 is 55.1. The van der Waals surface area contributed by atoms with Gasteiger partial charge in [-0.3, -0.25) is 4.72 Å². The summed E-state index contributed by atoms with van der Waals surface area (Å²) in [5.74, 6) is 0.403. The van der Waals surface area contributed by atoms with Crippen LogP contribution < -0.4 is 20.9 Å². The summed E-state index contributed by atoms with van der Waals surface area (Å²) in [6.45, 7) is 1.82. The molecule has 2 aromatic heterocycles. The van der Waals surface area contributed by atoms with Gasteiger partial charge in [0, 0.05) is 29.8 Å². The fourth-order valence-corrected chi connectivity index (χ4v) is 5.27. The Morgan fingerprint density at radius 3 is 1.70 bits per heavy atom. The molecule has 0 bridgehead atoms. The van der Waals surface area contributed by atoms with Crippen molar-refractivity contribution in [3.05, 3.63) is 109 Å². The zero-order chi connectivity index (χ0) is 28.8. The molecule has 12 nitrogen and oxygen atoms in total. The van der Waals surface area contributed by atoms with Crippen molar-refractivity contribution in [2.75, 3.05) is 20.9 Å². The van der Waals surface area contributed by atoms with Crippen LogP contribution in [0.5, 0.6) is 0 Å². The lowest BCUT2D eigenvalue weighted by atomic mass is 10.3. The maximum Gasteiger partial charge on any atom is 0.264 e. The smallest absolute Gasteiger partial charge is 0.264 e. The number of nitrogens with two attached hydrogens (primary N) is 2. The zero-order valence-corrected chi connectivity index (χ0v) is 22.8. The normalized spacial score (nSPS) is 11.2. The molecule has 6 N–H and O–H groups in total. The van der Waals surface area contributed by atoms with Gasteiger partial charge in [0.1, 0.15) is 5.82 Å². The van der Waals surface area contributed by atoms with Crippen LogP contribution in [-0.4, -0.2) is 36.6 Å². The molecular formula is C26H26N8O4S2. The van der Waals surface area contributed by atoms with Gasteiger partial charge in [-0.05, 0) is 73.2 Å². The van der Waals surface area contributed by atoms with Crippen LogP contribution in [0.4, 0.5) is 23.1 Å². The second-order valence-electron chi connectivity index (χ2n) is 8.40. The summed E-state index contributed by atoms with van der Waals surface area (Å²) in [4.78, 5) is 8.01. The number of anilines is 4. The summed E-state index contributed by atoms with van der Waals surface area (Å²) in [5.41, 5.74) is 13.7. The van der Waals surface area contributed by atoms with Gasteiger partial charge in [-0.25, -0.2) is 36.2 Å². The monoisotopic (exact) mass is 578 g/mol. The van der Waals surface area contributed by atoms with E-state index in [0.29, 0.717) is 17.2 Å². The van der Waals surface area contributed by atoms with Gasteiger partial charge in [-0.1, -0.05) is 18.2 Å². The van der Waals surface area contributed by atoms with E-state index in [-0.39, 0.29) is 15.7 Å². The molecule has 0 atom stereocenters. The molecule has 0 aliphatic carbocycles. The van der Waals surface area contributed by atoms with Crippen LogP contribution in [0.15, 0.2) is 113 Å². The highest BCUT2D eigenvalue weighted by atomic mass is 32.2. The molecule has 0 radical (unpaired) electrons. The fraction of sp³-hybridized carbons (Fsp3) is 0.0385. The molecular weight excluding hydrogens is 552 g/mol. The summed E-state index contributed by atoms with van der Waals surface area (Å²) in [5, 5.41) is 4.15. The van der Waals surface area contributed by atoms with E-state index in [0.717, 1.165) is 11.3 Å². The van der Waals surface area contributed by atoms with Crippen LogP contribution in [0, 0.1) is 6.92 Å². The number of hydrogen-bond acceptors (Lipinski definition) is 9. The molecule has 0 unspecified atom stereocenters. The molecule has 2 heterocycles. The van der Waals surface area contributed by atoms with E-state index >= 15 is 0 Å². The third kappa shape index (κ3) is 7.12. The molecule has 5 rings (SSSR count). The number of hydrogen-bond donors (Lipinski definition) is 4. The molecule has 0 fully saturated rings. The number of benzene rings is 3. The van der Waals surface area contributed by atoms with Crippen molar-refractivity contribution in [3.63, 3.8) is 0 Å². The van der Waals surface area contributed by atoms with Gasteiger partial charge in [0.15, 0.2) is 0 Å². The zero-order valence-electron chi connectivity index (χ0n) is 21.2. The van der Waals surface area contributed by atoms with Crippen molar-refractivity contribution in [2.45, 2.75) is 16.7 Å². The number of aryl methyl sites for hydroxylation is 1. The number of sulfonamides is 2. The Morgan fingerprint density at radius 2 is 1.18 bits per heavy atom. The van der Waals surface area contributed by atoms with Crippen LogP contribution in [0.25, 0.3) is 5.69 Å². The molecule has 0 amide bonds. The molecule has 0 aliphatic rings. The van der Waals surface area contributed by atoms with Crippen molar-refractivity contribution in [3.8, 4) is 5.69 Å². The maximum absolute atomic E-state index is 12.4. The Kier molecular flexibility index (Phi) is 8.31. The number of nitrogens with one attached hydrogen (secondary N) is 2. The second kappa shape index (κ2) is 11.8. The van der Waals surface area contributed by atoms with Crippen molar-refractivity contribution in [1.29, 1.82) is 0 Å². The standard InChI is InChI=1S/C15H14N4O2S.C11H12N4O2S/c16-12-6-8-14(9-7-12)22(20,21)18-15-10-11-17-19(15)13-4-2-1-3-5-13;1-8-6-13-11(14-7-8)15-18(16,17)10-4-2-9(12)3-5-10/h1-11,18H,16H2;2-7H,12H2,1H3,(H,13,14,15). The highest BCUT2D eigenvalue weighted by molar-refractivity contribution is 7.93. The molecule has 5 aromatic rings. The van der Waals surface area contributed by atoms with Crippen LogP contribution in [0.3, 0.4) is 0 Å². The Balaban J connectivity index is 0.000000189. The van der Waals surface area contributed by atoms with Gasteiger partial charge in [-0.2, -0.15) is 5.10 Å². The van der Waals surface area contributed by atoms with Gasteiger partial charge in [0.2, 0.25) is 5.95 Å². The minimum absolute atomic E-state index is 0.0393. The van der Waals surface area contributed by atoms with Gasteiger partial charge in [-0.15, -0.1) is 0 Å². The van der Waals surface area contributed by atoms with Gasteiger partial charge >= 0.3 is 0 Å². The van der Waals surface area contributed by atoms with Crippen LogP contribution in [-0.2, 0) is 20.0 Å². The van der Waals surface area contributed by atoms with E-state index < -0.39 is 20.0 Å². The molecule has 0 saturated heterocycles. The second-order valence-corrected chi connectivity index (χ2v) is 11.8. The average Bonchev–Trinajstić information content (AvgIpc) is 3.39. The summed E-state index contributed by atoms with van der Waals surface area (Å²) in [7, 11) is -7.37. The lowest BCUT2D eigenvalue weighted by molar-refractivity contribution is 0.599. The maximum atomic E-state index is 12.4. The van der Waals surface area contributed by atoms with Crippen molar-refractivity contribution < 1.29 is 16.8 Å². The Morgan fingerprint density at radius 1 is 0.675 bits per heavy atom. The molecule has 0 aliphatic heterocycles. The fourth-order valence-electron chi connectivity index (χ4n) is 3.27. The minimum atomic E-state index is -3.70. The summed E-state index contributed by atoms with van der Waals surface area (Å²) in [6.07, 6.45) is 4.61. The first-order valence-electron chi connectivity index (χ1n) is 11.7. The van der Waals surface area contributed by atoms with Gasteiger partial charge < -0.3 is 11.5 Å². The van der Waals surface area contributed by atoms with Gasteiger partial charge in [0.05, 0.1) is 21.7 Å². The number of para-hydroxylation sites is 1. The highest BCUT2D eigenvalue weighted by Gasteiger charge is 2.17. The quantitative estimate of drug-likeness (QED) is 0.210. The van der Waals surface area contributed by atoms with Crippen LogP contribution in [0.1, 0.15) is 5.56 Å². The van der Waals surface area contributed by atoms with E-state index in [2.05, 4.69) is 24.5 Å². The SMILES string of the molecule is Cc1cnc(NS(=O)(=O)c2ccc(N)cc2)nc1.Nc1ccc(S(=O)(=O)Nc2ccnn2-c2ccccc2)cc1. The number of nitrogen functional groups attached to an aromatic ring is 2. The number of aromatic nitrogens is 4. The third-order valence-electron chi connectivity index (χ3n) is 5.27. The van der Waals surface area contributed by atoms with E-state index in [1.54, 1.807) is 18.2 Å². The summed E-state index contributed by atoms with van der Waals surface area (Å²) in [6, 6.07) is 22.8. The summed E-state index contributed by atoms with van der Waals surface area (Å²) >= 11 is 0. The molecule has 40 heavy (non-hydrogen) atoms. The first-order valence-corrected chi connectivity index (χ1v) is 14.6. The van der Waals surface area contributed by atoms with Crippen molar-refractivity contribution >= 4 is 43.2 Å². The predicted octanol–water partition coefficient (Wildman–Crippen LogP) is 3.42. The largest absolute Gasteiger partial charge is 0.399 e. The minimum Gasteiger partial charge on any atom is -0.399 e. The first kappa shape index (κ1) is 28.1. The van der Waals surface area contributed by atoms with Crippen LogP contribution >= 0.6 is 0 Å². The van der Waals surface area contributed by atoms with Gasteiger partial charge in [0.25, 0.3) is 20.0 Å². The number of nitrogens with zero attached hydrogens (tertiary/aromatic N) is 4. The van der Waals surface area contributed by atoms with E-state index in [1.165, 1.54) is 59.7 Å². The Hall–Kier alpha value is -4.95. The van der Waals surface area contributed by atoms with E-state index in [4.69, 9.17) is 11.5 Å². The Bertz CT molecular complexity index is 1770. The first-order chi connectivity index (χ1) is 19.0. The van der Waals surface area contributed by atoms with E-state index in [1.807, 2.05) is 37.3 Å². The lowest BCUT2D eigenvalue weighted by Gasteiger charge is -2.10. The third-order valence-corrected chi connectivity index (χ3v) is 7.98. The van der Waals surface area contributed by atoms with Crippen molar-refractivity contribution in [1.82, 2.24) is 19.7 Å². The molecule has 206 valence electrons. The molecule has 14 heteroatoms. The molecule has 3 aromatic carbocycles. The Labute approximate surface area is 231 Å². The predicted molar refractivity (Wildman–Crippen MR) is 154 cm³/mol.